The lowest BCUT2D eigenvalue weighted by Crippen LogP contribution is -2.15. The van der Waals surface area contributed by atoms with E-state index >= 15 is 0 Å². The molecule has 0 aliphatic carbocycles. The molecule has 0 bridgehead atoms. The van der Waals surface area contributed by atoms with Crippen molar-refractivity contribution in [2.45, 2.75) is 13.8 Å². The molecule has 0 saturated heterocycles. The number of carbonyl (C=O) groups is 1. The van der Waals surface area contributed by atoms with Gasteiger partial charge < -0.3 is 14.4 Å². The van der Waals surface area contributed by atoms with Crippen LogP contribution in [0.3, 0.4) is 0 Å². The second kappa shape index (κ2) is 7.58. The SMILES string of the molecule is CCOCOc1ccc2nc(-c3ccc(N(C)C=O)c(C)n3)sc2c1. The molecule has 0 aliphatic heterocycles. The van der Waals surface area contributed by atoms with E-state index in [0.717, 1.165) is 44.5 Å². The molecule has 0 radical (unpaired) electrons. The van der Waals surface area contributed by atoms with Crippen molar-refractivity contribution in [1.82, 2.24) is 9.97 Å². The third-order valence-corrected chi connectivity index (χ3v) is 4.73. The molecule has 2 aromatic heterocycles. The van der Waals surface area contributed by atoms with Crippen LogP contribution in [0.25, 0.3) is 20.9 Å². The number of hydrogen-bond acceptors (Lipinski definition) is 6. The fourth-order valence-corrected chi connectivity index (χ4v) is 3.36. The molecule has 0 unspecified atom stereocenters. The number of thiazole rings is 1. The lowest BCUT2D eigenvalue weighted by atomic mass is 10.2. The molecule has 7 heteroatoms. The minimum atomic E-state index is 0.236. The van der Waals surface area contributed by atoms with Gasteiger partial charge in [-0.2, -0.15) is 0 Å². The molecule has 6 nitrogen and oxygen atoms in total. The molecule has 130 valence electrons. The van der Waals surface area contributed by atoms with Gasteiger partial charge in [0.2, 0.25) is 6.41 Å². The largest absolute Gasteiger partial charge is 0.468 e. The first kappa shape index (κ1) is 17.3. The van der Waals surface area contributed by atoms with Crippen molar-refractivity contribution in [2.24, 2.45) is 0 Å². The summed E-state index contributed by atoms with van der Waals surface area (Å²) in [5, 5.41) is 0.834. The number of nitrogens with zero attached hydrogens (tertiary/aromatic N) is 3. The van der Waals surface area contributed by atoms with Crippen LogP contribution in [-0.4, -0.2) is 36.8 Å². The Bertz CT molecular complexity index is 894. The molecule has 1 amide bonds. The van der Waals surface area contributed by atoms with Crippen molar-refractivity contribution in [3.8, 4) is 16.5 Å². The zero-order chi connectivity index (χ0) is 17.8. The molecule has 3 rings (SSSR count). The Hall–Kier alpha value is -2.51. The van der Waals surface area contributed by atoms with Crippen LogP contribution in [0.2, 0.25) is 0 Å². The summed E-state index contributed by atoms with van der Waals surface area (Å²) < 4.78 is 11.8. The molecule has 25 heavy (non-hydrogen) atoms. The minimum absolute atomic E-state index is 0.236. The van der Waals surface area contributed by atoms with Crippen molar-refractivity contribution in [1.29, 1.82) is 0 Å². The molecular formula is C18H19N3O3S. The van der Waals surface area contributed by atoms with Gasteiger partial charge >= 0.3 is 0 Å². The van der Waals surface area contributed by atoms with Gasteiger partial charge in [-0.3, -0.25) is 4.79 Å². The molecule has 0 N–H and O–H groups in total. The summed E-state index contributed by atoms with van der Waals surface area (Å²) in [7, 11) is 1.71. The third kappa shape index (κ3) is 3.78. The second-order valence-electron chi connectivity index (χ2n) is 5.42. The number of aromatic nitrogens is 2. The molecule has 0 saturated carbocycles. The highest BCUT2D eigenvalue weighted by molar-refractivity contribution is 7.21. The number of rotatable bonds is 7. The van der Waals surface area contributed by atoms with Crippen LogP contribution in [0.4, 0.5) is 5.69 Å². The van der Waals surface area contributed by atoms with E-state index in [1.807, 2.05) is 44.2 Å². The first-order chi connectivity index (χ1) is 12.1. The Morgan fingerprint density at radius 3 is 2.80 bits per heavy atom. The average molecular weight is 357 g/mol. The summed E-state index contributed by atoms with van der Waals surface area (Å²) in [5.41, 5.74) is 3.26. The molecular weight excluding hydrogens is 338 g/mol. The molecule has 0 aliphatic rings. The van der Waals surface area contributed by atoms with Gasteiger partial charge in [-0.05, 0) is 44.2 Å². The third-order valence-electron chi connectivity index (χ3n) is 3.69. The quantitative estimate of drug-likeness (QED) is 0.367. The lowest BCUT2D eigenvalue weighted by molar-refractivity contribution is -0.107. The van der Waals surface area contributed by atoms with Crippen molar-refractivity contribution < 1.29 is 14.3 Å². The van der Waals surface area contributed by atoms with Crippen LogP contribution in [-0.2, 0) is 9.53 Å². The normalized spacial score (nSPS) is 10.8. The molecule has 0 spiro atoms. The number of ether oxygens (including phenoxy) is 2. The van der Waals surface area contributed by atoms with Gasteiger partial charge in [-0.1, -0.05) is 0 Å². The minimum Gasteiger partial charge on any atom is -0.468 e. The average Bonchev–Trinajstić information content (AvgIpc) is 3.04. The van der Waals surface area contributed by atoms with Crippen LogP contribution in [0.1, 0.15) is 12.6 Å². The highest BCUT2D eigenvalue weighted by Gasteiger charge is 2.11. The van der Waals surface area contributed by atoms with E-state index in [9.17, 15) is 4.79 Å². The highest BCUT2D eigenvalue weighted by atomic mass is 32.1. The Balaban J connectivity index is 1.88. The summed E-state index contributed by atoms with van der Waals surface area (Å²) in [6, 6.07) is 9.53. The molecule has 3 aromatic rings. The van der Waals surface area contributed by atoms with Gasteiger partial charge in [0.15, 0.2) is 6.79 Å². The van der Waals surface area contributed by atoms with Gasteiger partial charge in [0.25, 0.3) is 0 Å². The number of fused-ring (bicyclic) bond motifs is 1. The summed E-state index contributed by atoms with van der Waals surface area (Å²) in [6.45, 7) is 4.66. The number of amides is 1. The van der Waals surface area contributed by atoms with E-state index in [2.05, 4.69) is 9.97 Å². The van der Waals surface area contributed by atoms with Crippen molar-refractivity contribution >= 4 is 33.7 Å². The number of carbonyl (C=O) groups excluding carboxylic acids is 1. The molecule has 0 fully saturated rings. The van der Waals surface area contributed by atoms with Crippen molar-refractivity contribution in [3.05, 3.63) is 36.0 Å². The standard InChI is InChI=1S/C18H19N3O3S/c1-4-23-11-24-13-5-6-14-17(9-13)25-18(20-14)15-7-8-16(12(2)19-15)21(3)10-22/h5-10H,4,11H2,1-3H3. The fraction of sp³-hybridized carbons (Fsp3) is 0.278. The summed E-state index contributed by atoms with van der Waals surface area (Å²) in [6.07, 6.45) is 0.769. The highest BCUT2D eigenvalue weighted by Crippen LogP contribution is 2.32. The molecule has 1 aromatic carbocycles. The van der Waals surface area contributed by atoms with E-state index < -0.39 is 0 Å². The maximum Gasteiger partial charge on any atom is 0.213 e. The van der Waals surface area contributed by atoms with Crippen LogP contribution in [0.15, 0.2) is 30.3 Å². The van der Waals surface area contributed by atoms with Crippen LogP contribution in [0, 0.1) is 6.92 Å². The van der Waals surface area contributed by atoms with E-state index in [4.69, 9.17) is 9.47 Å². The van der Waals surface area contributed by atoms with E-state index in [0.29, 0.717) is 6.61 Å². The van der Waals surface area contributed by atoms with Gasteiger partial charge in [0, 0.05) is 13.7 Å². The van der Waals surface area contributed by atoms with Gasteiger partial charge in [0.05, 0.1) is 27.3 Å². The summed E-state index contributed by atoms with van der Waals surface area (Å²) in [5.74, 6) is 0.753. The maximum atomic E-state index is 10.9. The molecule has 2 heterocycles. The summed E-state index contributed by atoms with van der Waals surface area (Å²) >= 11 is 1.55. The Morgan fingerprint density at radius 2 is 2.08 bits per heavy atom. The van der Waals surface area contributed by atoms with Crippen LogP contribution >= 0.6 is 11.3 Å². The van der Waals surface area contributed by atoms with Crippen LogP contribution < -0.4 is 9.64 Å². The fourth-order valence-electron chi connectivity index (χ4n) is 2.40. The van der Waals surface area contributed by atoms with Crippen LogP contribution in [0.5, 0.6) is 5.75 Å². The predicted octanol–water partition coefficient (Wildman–Crippen LogP) is 3.63. The monoisotopic (exact) mass is 357 g/mol. The van der Waals surface area contributed by atoms with Gasteiger partial charge in [0.1, 0.15) is 10.8 Å². The predicted molar refractivity (Wildman–Crippen MR) is 99.2 cm³/mol. The lowest BCUT2D eigenvalue weighted by Gasteiger charge is -2.13. The Morgan fingerprint density at radius 1 is 1.24 bits per heavy atom. The van der Waals surface area contributed by atoms with E-state index in [1.165, 1.54) is 4.90 Å². The first-order valence-corrected chi connectivity index (χ1v) is 8.71. The zero-order valence-corrected chi connectivity index (χ0v) is 15.2. The van der Waals surface area contributed by atoms with Crippen molar-refractivity contribution in [2.75, 3.05) is 25.3 Å². The Labute approximate surface area is 150 Å². The van der Waals surface area contributed by atoms with Gasteiger partial charge in [-0.15, -0.1) is 11.3 Å². The van der Waals surface area contributed by atoms with E-state index in [1.54, 1.807) is 18.4 Å². The molecule has 0 atom stereocenters. The van der Waals surface area contributed by atoms with Gasteiger partial charge in [-0.25, -0.2) is 9.97 Å². The number of aryl methyl sites for hydroxylation is 1. The van der Waals surface area contributed by atoms with E-state index in [-0.39, 0.29) is 6.79 Å². The number of hydrogen-bond donors (Lipinski definition) is 0. The smallest absolute Gasteiger partial charge is 0.213 e. The van der Waals surface area contributed by atoms with Crippen molar-refractivity contribution in [3.63, 3.8) is 0 Å². The topological polar surface area (TPSA) is 64.6 Å². The number of anilines is 1. The zero-order valence-electron chi connectivity index (χ0n) is 14.4. The summed E-state index contributed by atoms with van der Waals surface area (Å²) in [4.78, 5) is 21.7. The first-order valence-electron chi connectivity index (χ1n) is 7.89. The second-order valence-corrected chi connectivity index (χ2v) is 6.45. The maximum absolute atomic E-state index is 10.9. The number of pyridine rings is 1. The Kier molecular flexibility index (Phi) is 5.25. The number of benzene rings is 1.